The van der Waals surface area contributed by atoms with Crippen LogP contribution in [0.4, 0.5) is 5.82 Å². The van der Waals surface area contributed by atoms with Gasteiger partial charge < -0.3 is 19.5 Å². The summed E-state index contributed by atoms with van der Waals surface area (Å²) in [5, 5.41) is 3.50. The van der Waals surface area contributed by atoms with E-state index in [0.717, 1.165) is 80.9 Å². The van der Waals surface area contributed by atoms with Crippen molar-refractivity contribution in [2.75, 3.05) is 65.3 Å². The lowest BCUT2D eigenvalue weighted by Crippen LogP contribution is -2.39. The first kappa shape index (κ1) is 19.8. The predicted molar refractivity (Wildman–Crippen MR) is 115 cm³/mol. The summed E-state index contributed by atoms with van der Waals surface area (Å²) in [7, 11) is 4.14. The van der Waals surface area contributed by atoms with Gasteiger partial charge in [0.05, 0.1) is 19.5 Å². The van der Waals surface area contributed by atoms with Crippen molar-refractivity contribution in [3.63, 3.8) is 0 Å². The molecular weight excluding hydrogens is 366 g/mol. The molecule has 1 fully saturated rings. The number of benzene rings is 1. The number of hydrogen-bond acceptors (Lipinski definition) is 7. The van der Waals surface area contributed by atoms with Crippen molar-refractivity contribution in [2.45, 2.75) is 6.54 Å². The molecule has 1 aliphatic heterocycles. The van der Waals surface area contributed by atoms with E-state index >= 15 is 0 Å². The van der Waals surface area contributed by atoms with Crippen LogP contribution in [0.15, 0.2) is 36.7 Å². The molecule has 0 unspecified atom stereocenters. The van der Waals surface area contributed by atoms with Gasteiger partial charge in [0.1, 0.15) is 5.52 Å². The maximum absolute atomic E-state index is 5.43. The molecule has 0 aliphatic carbocycles. The molecular formula is C21H29N7O. The molecule has 29 heavy (non-hydrogen) atoms. The summed E-state index contributed by atoms with van der Waals surface area (Å²) in [4.78, 5) is 18.8. The summed E-state index contributed by atoms with van der Waals surface area (Å²) >= 11 is 0. The Kier molecular flexibility index (Phi) is 6.33. The lowest BCUT2D eigenvalue weighted by molar-refractivity contribution is 0.0398. The summed E-state index contributed by atoms with van der Waals surface area (Å²) in [6.45, 7) is 7.11. The van der Waals surface area contributed by atoms with Gasteiger partial charge in [-0.1, -0.05) is 30.3 Å². The van der Waals surface area contributed by atoms with Crippen molar-refractivity contribution >= 4 is 17.0 Å². The lowest BCUT2D eigenvalue weighted by atomic mass is 10.2. The standard InChI is InChI=1S/C21H29N7O/c1-26(2)10-11-28-16-23-18-20(22-8-9-27-12-14-29-15-13-27)24-19(25-21(18)28)17-6-4-3-5-7-17/h3-7,16H,8-15H2,1-2H3,(H,22,24,25). The van der Waals surface area contributed by atoms with E-state index in [4.69, 9.17) is 14.7 Å². The molecule has 3 aromatic rings. The minimum Gasteiger partial charge on any atom is -0.379 e. The lowest BCUT2D eigenvalue weighted by Gasteiger charge is -2.26. The van der Waals surface area contributed by atoms with Gasteiger partial charge in [0.25, 0.3) is 0 Å². The van der Waals surface area contributed by atoms with E-state index in [9.17, 15) is 0 Å². The number of morpholine rings is 1. The van der Waals surface area contributed by atoms with Crippen LogP contribution in [0.1, 0.15) is 0 Å². The topological polar surface area (TPSA) is 71.3 Å². The fraction of sp³-hybridized carbons (Fsp3) is 0.476. The molecule has 8 nitrogen and oxygen atoms in total. The molecule has 1 aromatic carbocycles. The maximum Gasteiger partial charge on any atom is 0.166 e. The van der Waals surface area contributed by atoms with E-state index in [1.807, 2.05) is 36.7 Å². The van der Waals surface area contributed by atoms with Gasteiger partial charge in [0, 0.05) is 44.8 Å². The zero-order chi connectivity index (χ0) is 20.1. The Balaban J connectivity index is 1.60. The number of anilines is 1. The quantitative estimate of drug-likeness (QED) is 0.624. The van der Waals surface area contributed by atoms with Gasteiger partial charge in [-0.05, 0) is 14.1 Å². The van der Waals surface area contributed by atoms with Crippen LogP contribution in [0, 0.1) is 0 Å². The number of rotatable bonds is 8. The molecule has 0 radical (unpaired) electrons. The Morgan fingerprint density at radius 3 is 2.62 bits per heavy atom. The Morgan fingerprint density at radius 1 is 1.07 bits per heavy atom. The molecule has 0 spiro atoms. The summed E-state index contributed by atoms with van der Waals surface area (Å²) in [5.41, 5.74) is 2.70. The normalized spacial score (nSPS) is 15.3. The molecule has 0 saturated carbocycles. The van der Waals surface area contributed by atoms with Crippen molar-refractivity contribution in [3.05, 3.63) is 36.7 Å². The first-order valence-electron chi connectivity index (χ1n) is 10.2. The highest BCUT2D eigenvalue weighted by atomic mass is 16.5. The second kappa shape index (κ2) is 9.30. The van der Waals surface area contributed by atoms with Crippen LogP contribution in [0.3, 0.4) is 0 Å². The summed E-state index contributed by atoms with van der Waals surface area (Å²) in [6, 6.07) is 10.1. The summed E-state index contributed by atoms with van der Waals surface area (Å²) < 4.78 is 7.54. The highest BCUT2D eigenvalue weighted by Gasteiger charge is 2.15. The molecule has 8 heteroatoms. The molecule has 1 saturated heterocycles. The Labute approximate surface area is 171 Å². The number of fused-ring (bicyclic) bond motifs is 1. The van der Waals surface area contributed by atoms with Gasteiger partial charge in [-0.3, -0.25) is 4.90 Å². The van der Waals surface area contributed by atoms with Crippen LogP contribution in [0.5, 0.6) is 0 Å². The third kappa shape index (κ3) is 4.90. The van der Waals surface area contributed by atoms with E-state index in [0.29, 0.717) is 0 Å². The zero-order valence-electron chi connectivity index (χ0n) is 17.2. The molecule has 0 bridgehead atoms. The average molecular weight is 396 g/mol. The van der Waals surface area contributed by atoms with Crippen LogP contribution in [-0.2, 0) is 11.3 Å². The van der Waals surface area contributed by atoms with Crippen molar-refractivity contribution < 1.29 is 4.74 Å². The minimum atomic E-state index is 0.721. The first-order chi connectivity index (χ1) is 14.2. The Bertz CT molecular complexity index is 919. The zero-order valence-corrected chi connectivity index (χ0v) is 17.2. The van der Waals surface area contributed by atoms with Crippen LogP contribution in [-0.4, -0.2) is 89.4 Å². The van der Waals surface area contributed by atoms with Crippen molar-refractivity contribution in [1.29, 1.82) is 0 Å². The third-order valence-corrected chi connectivity index (χ3v) is 5.11. The van der Waals surface area contributed by atoms with Crippen LogP contribution in [0.25, 0.3) is 22.6 Å². The molecule has 3 heterocycles. The van der Waals surface area contributed by atoms with E-state index in [-0.39, 0.29) is 0 Å². The summed E-state index contributed by atoms with van der Waals surface area (Å²) in [5.74, 6) is 1.52. The predicted octanol–water partition coefficient (Wildman–Crippen LogP) is 1.80. The van der Waals surface area contributed by atoms with Crippen molar-refractivity contribution in [2.24, 2.45) is 0 Å². The number of nitrogens with zero attached hydrogens (tertiary/aromatic N) is 6. The number of imidazole rings is 1. The third-order valence-electron chi connectivity index (χ3n) is 5.11. The van der Waals surface area contributed by atoms with Gasteiger partial charge in [0.15, 0.2) is 17.3 Å². The van der Waals surface area contributed by atoms with Gasteiger partial charge in [-0.2, -0.15) is 0 Å². The Hall–Kier alpha value is -2.55. The van der Waals surface area contributed by atoms with Crippen LogP contribution >= 0.6 is 0 Å². The van der Waals surface area contributed by atoms with Crippen LogP contribution in [0.2, 0.25) is 0 Å². The van der Waals surface area contributed by atoms with Gasteiger partial charge in [-0.25, -0.2) is 15.0 Å². The van der Waals surface area contributed by atoms with E-state index in [1.165, 1.54) is 0 Å². The highest BCUT2D eigenvalue weighted by molar-refractivity contribution is 5.85. The molecule has 2 aromatic heterocycles. The number of aromatic nitrogens is 4. The SMILES string of the molecule is CN(C)CCn1cnc2c(NCCN3CCOCC3)nc(-c3ccccc3)nc21. The number of hydrogen-bond donors (Lipinski definition) is 1. The van der Waals surface area contributed by atoms with Gasteiger partial charge in [-0.15, -0.1) is 0 Å². The number of likely N-dealkylation sites (N-methyl/N-ethyl adjacent to an activating group) is 1. The van der Waals surface area contributed by atoms with E-state index in [1.54, 1.807) is 0 Å². The molecule has 1 aliphatic rings. The fourth-order valence-electron chi connectivity index (χ4n) is 3.41. The average Bonchev–Trinajstić information content (AvgIpc) is 3.17. The molecule has 0 atom stereocenters. The second-order valence-electron chi connectivity index (χ2n) is 7.56. The monoisotopic (exact) mass is 395 g/mol. The minimum absolute atomic E-state index is 0.721. The van der Waals surface area contributed by atoms with E-state index < -0.39 is 0 Å². The Morgan fingerprint density at radius 2 is 1.86 bits per heavy atom. The summed E-state index contributed by atoms with van der Waals surface area (Å²) in [6.07, 6.45) is 1.87. The molecule has 4 rings (SSSR count). The number of ether oxygens (including phenoxy) is 1. The molecule has 154 valence electrons. The molecule has 1 N–H and O–H groups in total. The first-order valence-corrected chi connectivity index (χ1v) is 10.2. The maximum atomic E-state index is 5.43. The number of nitrogens with one attached hydrogen (secondary N) is 1. The second-order valence-corrected chi connectivity index (χ2v) is 7.56. The molecule has 0 amide bonds. The van der Waals surface area contributed by atoms with Crippen LogP contribution < -0.4 is 5.32 Å². The van der Waals surface area contributed by atoms with Gasteiger partial charge >= 0.3 is 0 Å². The van der Waals surface area contributed by atoms with Gasteiger partial charge in [0.2, 0.25) is 0 Å². The largest absolute Gasteiger partial charge is 0.379 e. The highest BCUT2D eigenvalue weighted by Crippen LogP contribution is 2.24. The van der Waals surface area contributed by atoms with Crippen molar-refractivity contribution in [3.8, 4) is 11.4 Å². The van der Waals surface area contributed by atoms with E-state index in [2.05, 4.69) is 38.8 Å². The smallest absolute Gasteiger partial charge is 0.166 e. The fourth-order valence-corrected chi connectivity index (χ4v) is 3.41. The van der Waals surface area contributed by atoms with Crippen molar-refractivity contribution in [1.82, 2.24) is 29.3 Å².